The van der Waals surface area contributed by atoms with Crippen LogP contribution >= 0.6 is 0 Å². The van der Waals surface area contributed by atoms with Gasteiger partial charge in [-0.3, -0.25) is 0 Å². The Morgan fingerprint density at radius 1 is 0.839 bits per heavy atom. The maximum Gasteiger partial charge on any atom is 0.165 e. The highest BCUT2D eigenvalue weighted by molar-refractivity contribution is 5.33. The zero-order valence-corrected chi connectivity index (χ0v) is 18.7. The molecule has 0 spiro atoms. The SMILES string of the molecule is CCOc1ccc(C2CCC(c3ccc(CC(C)c4ccccc4)cc3)CC2)cc1F. The monoisotopic (exact) mass is 416 g/mol. The average molecular weight is 417 g/mol. The van der Waals surface area contributed by atoms with Gasteiger partial charge >= 0.3 is 0 Å². The molecule has 162 valence electrons. The fourth-order valence-corrected chi connectivity index (χ4v) is 4.98. The Balaban J connectivity index is 1.33. The Bertz CT molecular complexity index is 956. The Morgan fingerprint density at radius 3 is 2.06 bits per heavy atom. The molecule has 31 heavy (non-hydrogen) atoms. The second-order valence-corrected chi connectivity index (χ2v) is 8.93. The van der Waals surface area contributed by atoms with Crippen molar-refractivity contribution in [2.24, 2.45) is 0 Å². The Hall–Kier alpha value is -2.61. The normalized spacial score (nSPS) is 19.7. The molecule has 1 unspecified atom stereocenters. The minimum Gasteiger partial charge on any atom is -0.491 e. The molecular weight excluding hydrogens is 383 g/mol. The van der Waals surface area contributed by atoms with E-state index in [1.165, 1.54) is 29.5 Å². The standard InChI is InChI=1S/C29H33FO/c1-3-31-29-18-17-27(20-28(29)30)26-15-13-25(14-16-26)24-11-9-22(10-12-24)19-21(2)23-7-5-4-6-8-23/h4-12,17-18,20-21,25-26H,3,13-16,19H2,1-2H3. The largest absolute Gasteiger partial charge is 0.491 e. The number of halogens is 1. The summed E-state index contributed by atoms with van der Waals surface area (Å²) in [5.74, 6) is 1.72. The van der Waals surface area contributed by atoms with Crippen molar-refractivity contribution < 1.29 is 9.13 Å². The fraction of sp³-hybridized carbons (Fsp3) is 0.379. The van der Waals surface area contributed by atoms with Crippen LogP contribution < -0.4 is 4.74 Å². The summed E-state index contributed by atoms with van der Waals surface area (Å²) in [6, 6.07) is 25.5. The number of hydrogen-bond acceptors (Lipinski definition) is 1. The molecule has 3 aromatic rings. The fourth-order valence-electron chi connectivity index (χ4n) is 4.98. The van der Waals surface area contributed by atoms with Crippen molar-refractivity contribution in [3.05, 3.63) is 101 Å². The van der Waals surface area contributed by atoms with Gasteiger partial charge in [0.25, 0.3) is 0 Å². The lowest BCUT2D eigenvalue weighted by Gasteiger charge is -2.29. The van der Waals surface area contributed by atoms with E-state index in [2.05, 4.69) is 61.5 Å². The van der Waals surface area contributed by atoms with E-state index in [-0.39, 0.29) is 5.82 Å². The first-order valence-corrected chi connectivity index (χ1v) is 11.7. The topological polar surface area (TPSA) is 9.23 Å². The predicted molar refractivity (Wildman–Crippen MR) is 127 cm³/mol. The van der Waals surface area contributed by atoms with Crippen LogP contribution in [0.1, 0.15) is 79.5 Å². The average Bonchev–Trinajstić information content (AvgIpc) is 2.82. The van der Waals surface area contributed by atoms with Gasteiger partial charge in [-0.25, -0.2) is 4.39 Å². The molecule has 2 heteroatoms. The third-order valence-corrected chi connectivity index (χ3v) is 6.82. The van der Waals surface area contributed by atoms with Gasteiger partial charge in [0.1, 0.15) is 0 Å². The number of hydrogen-bond donors (Lipinski definition) is 0. The first-order chi connectivity index (χ1) is 15.1. The van der Waals surface area contributed by atoms with Gasteiger partial charge in [0.15, 0.2) is 11.6 Å². The lowest BCUT2D eigenvalue weighted by molar-refractivity contribution is 0.320. The van der Waals surface area contributed by atoms with Crippen LogP contribution in [-0.2, 0) is 6.42 Å². The summed E-state index contributed by atoms with van der Waals surface area (Å²) in [4.78, 5) is 0. The van der Waals surface area contributed by atoms with Crippen LogP contribution in [0.5, 0.6) is 5.75 Å². The molecule has 0 saturated heterocycles. The molecule has 0 aliphatic heterocycles. The van der Waals surface area contributed by atoms with Crippen LogP contribution in [0.3, 0.4) is 0 Å². The van der Waals surface area contributed by atoms with Crippen molar-refractivity contribution in [1.29, 1.82) is 0 Å². The van der Waals surface area contributed by atoms with E-state index in [1.54, 1.807) is 12.1 Å². The van der Waals surface area contributed by atoms with Gasteiger partial charge in [0.2, 0.25) is 0 Å². The summed E-state index contributed by atoms with van der Waals surface area (Å²) in [6.45, 7) is 4.67. The van der Waals surface area contributed by atoms with Gasteiger partial charge < -0.3 is 4.74 Å². The van der Waals surface area contributed by atoms with E-state index >= 15 is 0 Å². The summed E-state index contributed by atoms with van der Waals surface area (Å²) < 4.78 is 19.6. The molecule has 3 aromatic carbocycles. The molecule has 0 amide bonds. The molecule has 1 saturated carbocycles. The van der Waals surface area contributed by atoms with E-state index in [9.17, 15) is 4.39 Å². The quantitative estimate of drug-likeness (QED) is 0.379. The maximum atomic E-state index is 14.2. The van der Waals surface area contributed by atoms with Crippen molar-refractivity contribution in [1.82, 2.24) is 0 Å². The molecule has 0 heterocycles. The lowest BCUT2D eigenvalue weighted by atomic mass is 9.76. The zero-order chi connectivity index (χ0) is 21.6. The van der Waals surface area contributed by atoms with Crippen LogP contribution in [0.25, 0.3) is 0 Å². The second kappa shape index (κ2) is 10.1. The summed E-state index contributed by atoms with van der Waals surface area (Å²) >= 11 is 0. The molecular formula is C29H33FO. The lowest BCUT2D eigenvalue weighted by Crippen LogP contribution is -2.12. The second-order valence-electron chi connectivity index (χ2n) is 8.93. The minimum absolute atomic E-state index is 0.234. The third kappa shape index (κ3) is 5.36. The number of ether oxygens (including phenoxy) is 1. The number of benzene rings is 3. The third-order valence-electron chi connectivity index (χ3n) is 6.82. The molecule has 0 bridgehead atoms. The highest BCUT2D eigenvalue weighted by Gasteiger charge is 2.24. The molecule has 0 N–H and O–H groups in total. The van der Waals surface area contributed by atoms with Crippen LogP contribution in [0.2, 0.25) is 0 Å². The van der Waals surface area contributed by atoms with Crippen molar-refractivity contribution in [3.63, 3.8) is 0 Å². The molecule has 0 aromatic heterocycles. The maximum absolute atomic E-state index is 14.2. The van der Waals surface area contributed by atoms with E-state index in [0.717, 1.165) is 24.8 Å². The number of rotatable bonds is 7. The van der Waals surface area contributed by atoms with Crippen molar-refractivity contribution in [3.8, 4) is 5.75 Å². The molecule has 1 aliphatic carbocycles. The van der Waals surface area contributed by atoms with Crippen molar-refractivity contribution >= 4 is 0 Å². The van der Waals surface area contributed by atoms with E-state index < -0.39 is 0 Å². The van der Waals surface area contributed by atoms with Gasteiger partial charge in [0.05, 0.1) is 6.61 Å². The molecule has 1 fully saturated rings. The van der Waals surface area contributed by atoms with Crippen molar-refractivity contribution in [2.75, 3.05) is 6.61 Å². The molecule has 4 rings (SSSR count). The van der Waals surface area contributed by atoms with E-state index in [1.807, 2.05) is 13.0 Å². The van der Waals surface area contributed by atoms with Gasteiger partial charge in [0, 0.05) is 0 Å². The van der Waals surface area contributed by atoms with E-state index in [4.69, 9.17) is 4.74 Å². The predicted octanol–water partition coefficient (Wildman–Crippen LogP) is 8.01. The smallest absolute Gasteiger partial charge is 0.165 e. The molecule has 1 atom stereocenters. The summed E-state index contributed by atoms with van der Waals surface area (Å²) in [5, 5.41) is 0. The van der Waals surface area contributed by atoms with Gasteiger partial charge in [-0.05, 0) is 91.2 Å². The van der Waals surface area contributed by atoms with Gasteiger partial charge in [-0.1, -0.05) is 67.6 Å². The van der Waals surface area contributed by atoms with Gasteiger partial charge in [-0.2, -0.15) is 0 Å². The summed E-state index contributed by atoms with van der Waals surface area (Å²) in [6.07, 6.45) is 5.63. The minimum atomic E-state index is -0.234. The van der Waals surface area contributed by atoms with Crippen LogP contribution in [0, 0.1) is 5.82 Å². The van der Waals surface area contributed by atoms with Crippen LogP contribution in [-0.4, -0.2) is 6.61 Å². The van der Waals surface area contributed by atoms with E-state index in [0.29, 0.717) is 30.1 Å². The molecule has 0 radical (unpaired) electrons. The Kier molecular flexibility index (Phi) is 7.06. The van der Waals surface area contributed by atoms with Gasteiger partial charge in [-0.15, -0.1) is 0 Å². The first-order valence-electron chi connectivity index (χ1n) is 11.7. The summed E-state index contributed by atoms with van der Waals surface area (Å²) in [5.41, 5.74) is 5.37. The molecule has 1 aliphatic rings. The Labute approximate surface area is 186 Å². The van der Waals surface area contributed by atoms with Crippen molar-refractivity contribution in [2.45, 2.75) is 63.7 Å². The first kappa shape index (κ1) is 21.6. The van der Waals surface area contributed by atoms with Crippen LogP contribution in [0.4, 0.5) is 4.39 Å². The summed E-state index contributed by atoms with van der Waals surface area (Å²) in [7, 11) is 0. The highest BCUT2D eigenvalue weighted by atomic mass is 19.1. The Morgan fingerprint density at radius 2 is 1.45 bits per heavy atom. The highest BCUT2D eigenvalue weighted by Crippen LogP contribution is 2.41. The zero-order valence-electron chi connectivity index (χ0n) is 18.7. The van der Waals surface area contributed by atoms with Crippen LogP contribution in [0.15, 0.2) is 72.8 Å². The molecule has 1 nitrogen and oxygen atoms in total.